The van der Waals surface area contributed by atoms with Gasteiger partial charge in [-0.3, -0.25) is 9.78 Å². The number of carbonyl (C=O) groups excluding carboxylic acids is 1. The molecule has 1 atom stereocenters. The third-order valence-corrected chi connectivity index (χ3v) is 3.51. The van der Waals surface area contributed by atoms with Gasteiger partial charge >= 0.3 is 0 Å². The molecule has 2 aromatic heterocycles. The average molecular weight is 318 g/mol. The minimum atomic E-state index is -0.504. The number of carbonyl (C=O) groups is 1. The molecule has 0 radical (unpaired) electrons. The van der Waals surface area contributed by atoms with Crippen molar-refractivity contribution in [3.8, 4) is 0 Å². The maximum Gasteiger partial charge on any atom is 0.293 e. The van der Waals surface area contributed by atoms with Crippen LogP contribution in [0.3, 0.4) is 0 Å². The Morgan fingerprint density at radius 1 is 1.41 bits per heavy atom. The Morgan fingerprint density at radius 3 is 3.09 bits per heavy atom. The molecule has 0 aliphatic heterocycles. The summed E-state index contributed by atoms with van der Waals surface area (Å²) in [5.74, 6) is 0.559. The number of ether oxygens (including phenoxy) is 1. The summed E-state index contributed by atoms with van der Waals surface area (Å²) in [5.41, 5.74) is 2.37. The first-order valence-corrected chi connectivity index (χ1v) is 6.99. The second kappa shape index (κ2) is 6.11. The second-order valence-electron chi connectivity index (χ2n) is 4.81. The molecule has 1 unspecified atom stereocenters. The van der Waals surface area contributed by atoms with E-state index in [4.69, 9.17) is 20.9 Å². The maximum atomic E-state index is 10.4. The van der Waals surface area contributed by atoms with Crippen LogP contribution in [0.5, 0.6) is 0 Å². The lowest BCUT2D eigenvalue weighted by atomic mass is 10.1. The van der Waals surface area contributed by atoms with Crippen LogP contribution in [0.4, 0.5) is 0 Å². The number of nitrogens with zero attached hydrogens (tertiary/aromatic N) is 3. The lowest BCUT2D eigenvalue weighted by Gasteiger charge is -2.07. The summed E-state index contributed by atoms with van der Waals surface area (Å²) < 4.78 is 10.1. The van der Waals surface area contributed by atoms with E-state index in [-0.39, 0.29) is 0 Å². The van der Waals surface area contributed by atoms with Crippen molar-refractivity contribution in [1.82, 2.24) is 15.4 Å². The van der Waals surface area contributed by atoms with Crippen LogP contribution in [0.1, 0.15) is 30.0 Å². The Balaban J connectivity index is 1.90. The summed E-state index contributed by atoms with van der Waals surface area (Å²) in [4.78, 5) is 14.7. The lowest BCUT2D eigenvalue weighted by molar-refractivity contribution is -0.133. The third kappa shape index (κ3) is 2.92. The zero-order chi connectivity index (χ0) is 15.5. The van der Waals surface area contributed by atoms with Gasteiger partial charge < -0.3 is 9.26 Å². The van der Waals surface area contributed by atoms with E-state index in [1.54, 1.807) is 13.1 Å². The van der Waals surface area contributed by atoms with Crippen LogP contribution in [0.15, 0.2) is 35.0 Å². The van der Waals surface area contributed by atoms with E-state index in [1.807, 2.05) is 24.3 Å². The SMILES string of the molecule is CC(OC=O)c1nnoc1Cc1ccc2ncc(Cl)cc2c1. The fourth-order valence-electron chi connectivity index (χ4n) is 2.24. The molecule has 3 aromatic rings. The fourth-order valence-corrected chi connectivity index (χ4v) is 2.41. The number of halogens is 1. The van der Waals surface area contributed by atoms with Crippen molar-refractivity contribution in [2.45, 2.75) is 19.4 Å². The van der Waals surface area contributed by atoms with E-state index < -0.39 is 6.10 Å². The monoisotopic (exact) mass is 317 g/mol. The van der Waals surface area contributed by atoms with Crippen molar-refractivity contribution in [2.24, 2.45) is 0 Å². The van der Waals surface area contributed by atoms with E-state index in [2.05, 4.69) is 15.4 Å². The molecule has 0 bridgehead atoms. The van der Waals surface area contributed by atoms with Crippen LogP contribution < -0.4 is 0 Å². The van der Waals surface area contributed by atoms with Gasteiger partial charge in [-0.1, -0.05) is 17.7 Å². The first-order valence-electron chi connectivity index (χ1n) is 6.62. The van der Waals surface area contributed by atoms with E-state index >= 15 is 0 Å². The molecule has 0 saturated carbocycles. The molecule has 0 aliphatic carbocycles. The van der Waals surface area contributed by atoms with Gasteiger partial charge in [0, 0.05) is 23.3 Å². The molecule has 112 valence electrons. The number of benzene rings is 1. The fraction of sp³-hybridized carbons (Fsp3) is 0.200. The highest BCUT2D eigenvalue weighted by Gasteiger charge is 2.18. The van der Waals surface area contributed by atoms with Crippen LogP contribution in [0, 0.1) is 0 Å². The summed E-state index contributed by atoms with van der Waals surface area (Å²) >= 11 is 5.96. The third-order valence-electron chi connectivity index (χ3n) is 3.31. The molecule has 2 heterocycles. The van der Waals surface area contributed by atoms with Crippen LogP contribution in [0.2, 0.25) is 5.02 Å². The minimum Gasteiger partial charge on any atom is -0.458 e. The van der Waals surface area contributed by atoms with Crippen LogP contribution >= 0.6 is 11.6 Å². The smallest absolute Gasteiger partial charge is 0.293 e. The van der Waals surface area contributed by atoms with Gasteiger partial charge in [0.25, 0.3) is 6.47 Å². The van der Waals surface area contributed by atoms with Gasteiger partial charge in [0.15, 0.2) is 5.76 Å². The number of aromatic nitrogens is 3. The molecule has 3 rings (SSSR count). The molecular formula is C15H12ClN3O3. The number of pyridine rings is 1. The molecule has 0 amide bonds. The van der Waals surface area contributed by atoms with Gasteiger partial charge in [0.05, 0.1) is 10.5 Å². The van der Waals surface area contributed by atoms with Gasteiger partial charge in [0.2, 0.25) is 0 Å². The first-order chi connectivity index (χ1) is 10.7. The van der Waals surface area contributed by atoms with Crippen molar-refractivity contribution in [3.05, 3.63) is 52.5 Å². The molecule has 0 aliphatic rings. The summed E-state index contributed by atoms with van der Waals surface area (Å²) in [5, 5.41) is 8.94. The van der Waals surface area contributed by atoms with E-state index in [0.717, 1.165) is 16.5 Å². The maximum absolute atomic E-state index is 10.4. The summed E-state index contributed by atoms with van der Waals surface area (Å²) in [6.07, 6.45) is 1.59. The highest BCUT2D eigenvalue weighted by atomic mass is 35.5. The Bertz CT molecular complexity index is 819. The number of hydrogen-bond acceptors (Lipinski definition) is 6. The lowest BCUT2D eigenvalue weighted by Crippen LogP contribution is -2.02. The quantitative estimate of drug-likeness (QED) is 0.673. The zero-order valence-electron chi connectivity index (χ0n) is 11.7. The Labute approximate surface area is 131 Å². The standard InChI is InChI=1S/C15H12ClN3O3/c1-9(21-8-20)15-14(22-19-18-15)5-10-2-3-13-11(4-10)6-12(16)7-17-13/h2-4,6-9H,5H2,1H3. The van der Waals surface area contributed by atoms with Gasteiger partial charge in [-0.15, -0.1) is 5.10 Å². The van der Waals surface area contributed by atoms with Crippen LogP contribution in [-0.2, 0) is 16.0 Å². The van der Waals surface area contributed by atoms with Crippen molar-refractivity contribution in [2.75, 3.05) is 0 Å². The topological polar surface area (TPSA) is 78.1 Å². The van der Waals surface area contributed by atoms with E-state index in [1.165, 1.54) is 0 Å². The molecule has 6 nitrogen and oxygen atoms in total. The highest BCUT2D eigenvalue weighted by molar-refractivity contribution is 6.31. The van der Waals surface area contributed by atoms with Crippen molar-refractivity contribution < 1.29 is 14.1 Å². The Kier molecular flexibility index (Phi) is 4.02. The first kappa shape index (κ1) is 14.5. The minimum absolute atomic E-state index is 0.382. The normalized spacial score (nSPS) is 12.3. The number of rotatable bonds is 5. The number of fused-ring (bicyclic) bond motifs is 1. The van der Waals surface area contributed by atoms with Gasteiger partial charge in [-0.2, -0.15) is 0 Å². The van der Waals surface area contributed by atoms with Gasteiger partial charge in [0.1, 0.15) is 11.8 Å². The molecule has 0 fully saturated rings. The second-order valence-corrected chi connectivity index (χ2v) is 5.25. The molecule has 7 heteroatoms. The van der Waals surface area contributed by atoms with E-state index in [9.17, 15) is 4.79 Å². The molecule has 22 heavy (non-hydrogen) atoms. The van der Waals surface area contributed by atoms with Crippen molar-refractivity contribution in [1.29, 1.82) is 0 Å². The van der Waals surface area contributed by atoms with Gasteiger partial charge in [-0.25, -0.2) is 0 Å². The molecule has 0 N–H and O–H groups in total. The number of hydrogen-bond donors (Lipinski definition) is 0. The van der Waals surface area contributed by atoms with Crippen molar-refractivity contribution >= 4 is 29.0 Å². The zero-order valence-corrected chi connectivity index (χ0v) is 12.4. The predicted octanol–water partition coefficient (Wildman–Crippen LogP) is 3.10. The summed E-state index contributed by atoms with van der Waals surface area (Å²) in [6, 6.07) is 7.69. The molecular weight excluding hydrogens is 306 g/mol. The molecule has 0 spiro atoms. The highest BCUT2D eigenvalue weighted by Crippen LogP contribution is 2.23. The largest absolute Gasteiger partial charge is 0.458 e. The summed E-state index contributed by atoms with van der Waals surface area (Å²) in [6.45, 7) is 2.09. The van der Waals surface area contributed by atoms with Crippen LogP contribution in [-0.4, -0.2) is 21.8 Å². The molecule has 0 saturated heterocycles. The van der Waals surface area contributed by atoms with Crippen LogP contribution in [0.25, 0.3) is 10.9 Å². The average Bonchev–Trinajstić information content (AvgIpc) is 2.95. The Morgan fingerprint density at radius 2 is 2.27 bits per heavy atom. The molecule has 1 aromatic carbocycles. The Hall–Kier alpha value is -2.47. The van der Waals surface area contributed by atoms with Gasteiger partial charge in [-0.05, 0) is 30.7 Å². The van der Waals surface area contributed by atoms with Crippen molar-refractivity contribution in [3.63, 3.8) is 0 Å². The van der Waals surface area contributed by atoms with E-state index in [0.29, 0.717) is 29.4 Å². The summed E-state index contributed by atoms with van der Waals surface area (Å²) in [7, 11) is 0. The predicted molar refractivity (Wildman–Crippen MR) is 79.4 cm³/mol.